The van der Waals surface area contributed by atoms with E-state index in [0.29, 0.717) is 5.75 Å². The summed E-state index contributed by atoms with van der Waals surface area (Å²) in [5.41, 5.74) is 0.986. The van der Waals surface area contributed by atoms with Crippen molar-refractivity contribution in [3.8, 4) is 5.75 Å². The molecule has 0 aromatic heterocycles. The maximum absolute atomic E-state index is 13.1. The Hall–Kier alpha value is -1.09. The van der Waals surface area contributed by atoms with Gasteiger partial charge in [-0.3, -0.25) is 0 Å². The molecule has 0 bridgehead atoms. The first-order valence-electron chi connectivity index (χ1n) is 4.42. The van der Waals surface area contributed by atoms with E-state index in [4.69, 9.17) is 4.74 Å². The molecule has 72 valence electrons. The van der Waals surface area contributed by atoms with Crippen LogP contribution < -0.4 is 10.1 Å². The van der Waals surface area contributed by atoms with Crippen LogP contribution in [0.4, 0.5) is 4.39 Å². The third kappa shape index (κ3) is 2.70. The zero-order valence-electron chi connectivity index (χ0n) is 8.01. The van der Waals surface area contributed by atoms with Gasteiger partial charge in [-0.1, -0.05) is 0 Å². The summed E-state index contributed by atoms with van der Waals surface area (Å²) in [4.78, 5) is 0. The lowest BCUT2D eigenvalue weighted by atomic mass is 10.2. The van der Waals surface area contributed by atoms with E-state index < -0.39 is 0 Å². The van der Waals surface area contributed by atoms with Crippen LogP contribution in [0.5, 0.6) is 5.75 Å². The molecule has 0 aliphatic carbocycles. The van der Waals surface area contributed by atoms with E-state index in [1.165, 1.54) is 13.2 Å². The van der Waals surface area contributed by atoms with Gasteiger partial charge in [0.05, 0.1) is 13.7 Å². The van der Waals surface area contributed by atoms with Crippen LogP contribution in [0.25, 0.3) is 0 Å². The van der Waals surface area contributed by atoms with E-state index in [1.807, 2.05) is 6.07 Å². The van der Waals surface area contributed by atoms with Gasteiger partial charge in [-0.2, -0.15) is 0 Å². The Bertz CT molecular complexity index is 276. The molecule has 0 saturated heterocycles. The second-order valence-corrected chi connectivity index (χ2v) is 2.87. The molecule has 0 radical (unpaired) electrons. The van der Waals surface area contributed by atoms with Crippen molar-refractivity contribution in [3.05, 3.63) is 29.6 Å². The van der Waals surface area contributed by atoms with Crippen LogP contribution in [0, 0.1) is 5.82 Å². The van der Waals surface area contributed by atoms with Crippen LogP contribution in [0.2, 0.25) is 0 Å². The van der Waals surface area contributed by atoms with Crippen molar-refractivity contribution in [3.63, 3.8) is 0 Å². The van der Waals surface area contributed by atoms with E-state index in [-0.39, 0.29) is 5.82 Å². The number of rotatable bonds is 4. The Kier molecular flexibility index (Phi) is 3.71. The first-order valence-corrected chi connectivity index (χ1v) is 4.42. The summed E-state index contributed by atoms with van der Waals surface area (Å²) in [7, 11) is 1.47. The number of benzene rings is 1. The molecule has 1 rings (SSSR count). The second kappa shape index (κ2) is 4.82. The molecular formula is C10H15FNO+. The Morgan fingerprint density at radius 3 is 2.77 bits per heavy atom. The molecule has 0 fully saturated rings. The van der Waals surface area contributed by atoms with Gasteiger partial charge >= 0.3 is 0 Å². The topological polar surface area (TPSA) is 25.8 Å². The number of hydrogen-bond acceptors (Lipinski definition) is 1. The van der Waals surface area contributed by atoms with Gasteiger partial charge in [0.2, 0.25) is 0 Å². The molecule has 0 aliphatic rings. The lowest BCUT2D eigenvalue weighted by Crippen LogP contribution is -2.81. The SMILES string of the molecule is CC[NH2+]Cc1ccc(OC)c(F)c1. The third-order valence-electron chi connectivity index (χ3n) is 1.88. The summed E-state index contributed by atoms with van der Waals surface area (Å²) >= 11 is 0. The van der Waals surface area contributed by atoms with Crippen LogP contribution in [0.1, 0.15) is 12.5 Å². The summed E-state index contributed by atoms with van der Waals surface area (Å²) < 4.78 is 18.0. The first kappa shape index (κ1) is 9.99. The first-order chi connectivity index (χ1) is 6.27. The normalized spacial score (nSPS) is 10.1. The van der Waals surface area contributed by atoms with Gasteiger partial charge in [0.1, 0.15) is 6.54 Å². The molecule has 2 nitrogen and oxygen atoms in total. The molecule has 0 atom stereocenters. The van der Waals surface area contributed by atoms with E-state index in [9.17, 15) is 4.39 Å². The number of quaternary nitrogens is 1. The smallest absolute Gasteiger partial charge is 0.165 e. The largest absolute Gasteiger partial charge is 0.494 e. The quantitative estimate of drug-likeness (QED) is 0.739. The van der Waals surface area contributed by atoms with Crippen LogP contribution >= 0.6 is 0 Å². The van der Waals surface area contributed by atoms with Gasteiger partial charge in [0.15, 0.2) is 11.6 Å². The van der Waals surface area contributed by atoms with Crippen molar-refractivity contribution < 1.29 is 14.4 Å². The van der Waals surface area contributed by atoms with Crippen molar-refractivity contribution in [2.45, 2.75) is 13.5 Å². The summed E-state index contributed by atoms with van der Waals surface area (Å²) in [6.45, 7) is 3.89. The van der Waals surface area contributed by atoms with Crippen LogP contribution in [-0.4, -0.2) is 13.7 Å². The van der Waals surface area contributed by atoms with Gasteiger partial charge < -0.3 is 10.1 Å². The molecule has 2 N–H and O–H groups in total. The van der Waals surface area contributed by atoms with E-state index in [0.717, 1.165) is 18.7 Å². The molecule has 0 unspecified atom stereocenters. The summed E-state index contributed by atoms with van der Waals surface area (Å²) in [6.07, 6.45) is 0. The lowest BCUT2D eigenvalue weighted by Gasteiger charge is -2.03. The van der Waals surface area contributed by atoms with Gasteiger partial charge in [0, 0.05) is 5.56 Å². The highest BCUT2D eigenvalue weighted by atomic mass is 19.1. The van der Waals surface area contributed by atoms with Crippen molar-refractivity contribution in [1.29, 1.82) is 0 Å². The van der Waals surface area contributed by atoms with E-state index >= 15 is 0 Å². The fourth-order valence-electron chi connectivity index (χ4n) is 1.15. The van der Waals surface area contributed by atoms with Crippen molar-refractivity contribution >= 4 is 0 Å². The highest BCUT2D eigenvalue weighted by molar-refractivity contribution is 5.28. The Balaban J connectivity index is 2.71. The minimum atomic E-state index is -0.287. The molecule has 0 spiro atoms. The molecule has 13 heavy (non-hydrogen) atoms. The number of hydrogen-bond donors (Lipinski definition) is 1. The third-order valence-corrected chi connectivity index (χ3v) is 1.88. The maximum Gasteiger partial charge on any atom is 0.165 e. The Morgan fingerprint density at radius 2 is 2.23 bits per heavy atom. The molecule has 3 heteroatoms. The molecule has 0 aliphatic heterocycles. The maximum atomic E-state index is 13.1. The molecule has 0 saturated carbocycles. The monoisotopic (exact) mass is 184 g/mol. The van der Waals surface area contributed by atoms with Gasteiger partial charge in [-0.05, 0) is 25.1 Å². The summed E-state index contributed by atoms with van der Waals surface area (Å²) in [6, 6.07) is 5.06. The standard InChI is InChI=1S/C10H14FNO/c1-3-12-7-8-4-5-10(13-2)9(11)6-8/h4-6,12H,3,7H2,1-2H3/p+1. The fourth-order valence-corrected chi connectivity index (χ4v) is 1.15. The summed E-state index contributed by atoms with van der Waals surface area (Å²) in [5, 5.41) is 2.11. The Labute approximate surface area is 77.7 Å². The van der Waals surface area contributed by atoms with Crippen LogP contribution in [0.15, 0.2) is 18.2 Å². The highest BCUT2D eigenvalue weighted by Crippen LogP contribution is 2.16. The van der Waals surface area contributed by atoms with Crippen molar-refractivity contribution in [2.24, 2.45) is 0 Å². The Morgan fingerprint density at radius 1 is 1.46 bits per heavy atom. The molecule has 0 amide bonds. The van der Waals surface area contributed by atoms with E-state index in [1.54, 1.807) is 6.07 Å². The predicted molar refractivity (Wildman–Crippen MR) is 49.1 cm³/mol. The molecular weight excluding hydrogens is 169 g/mol. The predicted octanol–water partition coefficient (Wildman–Crippen LogP) is 0.918. The number of methoxy groups -OCH3 is 1. The second-order valence-electron chi connectivity index (χ2n) is 2.87. The van der Waals surface area contributed by atoms with Crippen LogP contribution in [-0.2, 0) is 6.54 Å². The van der Waals surface area contributed by atoms with Crippen molar-refractivity contribution in [2.75, 3.05) is 13.7 Å². The number of ether oxygens (including phenoxy) is 1. The van der Waals surface area contributed by atoms with Crippen LogP contribution in [0.3, 0.4) is 0 Å². The number of halogens is 1. The van der Waals surface area contributed by atoms with Crippen molar-refractivity contribution in [1.82, 2.24) is 0 Å². The molecule has 1 aromatic rings. The zero-order chi connectivity index (χ0) is 9.68. The van der Waals surface area contributed by atoms with Gasteiger partial charge in [0.25, 0.3) is 0 Å². The average molecular weight is 184 g/mol. The number of nitrogens with two attached hydrogens (primary N) is 1. The molecule has 0 heterocycles. The highest BCUT2D eigenvalue weighted by Gasteiger charge is 2.03. The summed E-state index contributed by atoms with van der Waals surface area (Å²) in [5.74, 6) is 0.0183. The average Bonchev–Trinajstić information content (AvgIpc) is 2.15. The lowest BCUT2D eigenvalue weighted by molar-refractivity contribution is -0.667. The molecule has 1 aromatic carbocycles. The fraction of sp³-hybridized carbons (Fsp3) is 0.400. The van der Waals surface area contributed by atoms with Gasteiger partial charge in [-0.15, -0.1) is 0 Å². The van der Waals surface area contributed by atoms with E-state index in [2.05, 4.69) is 12.2 Å². The zero-order valence-corrected chi connectivity index (χ0v) is 8.01. The van der Waals surface area contributed by atoms with Gasteiger partial charge in [-0.25, -0.2) is 4.39 Å². The minimum absolute atomic E-state index is 0.287. The minimum Gasteiger partial charge on any atom is -0.494 e.